The number of nitriles is 1. The lowest BCUT2D eigenvalue weighted by Gasteiger charge is -2.04. The van der Waals surface area contributed by atoms with Gasteiger partial charge in [0.2, 0.25) is 0 Å². The Morgan fingerprint density at radius 3 is 2.46 bits per heavy atom. The van der Waals surface area contributed by atoms with E-state index in [9.17, 15) is 14.0 Å². The van der Waals surface area contributed by atoms with Crippen molar-refractivity contribution in [1.82, 2.24) is 9.78 Å². The van der Waals surface area contributed by atoms with E-state index < -0.39 is 0 Å². The third kappa shape index (κ3) is 3.25. The second-order valence-corrected chi connectivity index (χ2v) is 5.41. The van der Waals surface area contributed by atoms with E-state index in [4.69, 9.17) is 5.73 Å². The minimum atomic E-state index is -0.343. The number of rotatable bonds is 4. The fourth-order valence-electron chi connectivity index (χ4n) is 2.50. The van der Waals surface area contributed by atoms with E-state index in [2.05, 4.69) is 11.2 Å². The third-order valence-electron chi connectivity index (χ3n) is 3.68. The average molecular weight is 324 g/mol. The molecular weight excluding hydrogens is 310 g/mol. The Morgan fingerprint density at radius 2 is 1.79 bits per heavy atom. The van der Waals surface area contributed by atoms with Crippen LogP contribution in [0.15, 0.2) is 48.5 Å². The van der Waals surface area contributed by atoms with Gasteiger partial charge in [-0.1, -0.05) is 24.3 Å². The van der Waals surface area contributed by atoms with E-state index in [0.717, 1.165) is 5.56 Å². The molecule has 0 aliphatic rings. The van der Waals surface area contributed by atoms with Crippen LogP contribution in [0.3, 0.4) is 0 Å². The molecule has 120 valence electrons. The van der Waals surface area contributed by atoms with Gasteiger partial charge in [-0.15, -0.1) is 0 Å². The number of benzene rings is 2. The summed E-state index contributed by atoms with van der Waals surface area (Å²) in [5.41, 5.74) is 8.29. The quantitative estimate of drug-likeness (QED) is 0.801. The molecule has 2 N–H and O–H groups in total. The molecule has 0 aliphatic heterocycles. The Kier molecular flexibility index (Phi) is 4.25. The second kappa shape index (κ2) is 6.50. The molecule has 0 aliphatic carbocycles. The highest BCUT2D eigenvalue weighted by atomic mass is 19.1. The van der Waals surface area contributed by atoms with Crippen LogP contribution >= 0.6 is 0 Å². The lowest BCUT2D eigenvalue weighted by Crippen LogP contribution is -2.06. The third-order valence-corrected chi connectivity index (χ3v) is 3.68. The minimum absolute atomic E-state index is 0.244. The van der Waals surface area contributed by atoms with E-state index in [1.54, 1.807) is 24.3 Å². The van der Waals surface area contributed by atoms with Gasteiger partial charge in [-0.05, 0) is 35.4 Å². The molecule has 24 heavy (non-hydrogen) atoms. The number of halogens is 2. The number of hydrogen-bond donors (Lipinski definition) is 1. The number of aromatic nitrogens is 2. The normalized spacial score (nSPS) is 10.5. The highest BCUT2D eigenvalue weighted by Crippen LogP contribution is 2.20. The van der Waals surface area contributed by atoms with E-state index >= 15 is 0 Å². The van der Waals surface area contributed by atoms with E-state index in [1.165, 1.54) is 28.9 Å². The topological polar surface area (TPSA) is 67.6 Å². The molecule has 6 heteroatoms. The molecule has 0 fully saturated rings. The van der Waals surface area contributed by atoms with E-state index in [0.29, 0.717) is 24.2 Å². The molecule has 2 aromatic carbocycles. The molecule has 0 saturated carbocycles. The van der Waals surface area contributed by atoms with Gasteiger partial charge in [0.05, 0.1) is 12.2 Å². The lowest BCUT2D eigenvalue weighted by molar-refractivity contribution is 0.623. The Balaban J connectivity index is 1.91. The van der Waals surface area contributed by atoms with E-state index in [-0.39, 0.29) is 23.0 Å². The fourth-order valence-corrected chi connectivity index (χ4v) is 2.50. The van der Waals surface area contributed by atoms with Crippen molar-refractivity contribution in [2.75, 3.05) is 5.73 Å². The monoisotopic (exact) mass is 324 g/mol. The van der Waals surface area contributed by atoms with Crippen molar-refractivity contribution < 1.29 is 8.78 Å². The highest BCUT2D eigenvalue weighted by molar-refractivity contribution is 5.53. The first-order valence-corrected chi connectivity index (χ1v) is 7.31. The van der Waals surface area contributed by atoms with Crippen LogP contribution in [-0.2, 0) is 13.0 Å². The molecule has 0 amide bonds. The van der Waals surface area contributed by atoms with Gasteiger partial charge in [0.1, 0.15) is 29.1 Å². The van der Waals surface area contributed by atoms with Crippen LogP contribution in [0.4, 0.5) is 14.6 Å². The zero-order valence-corrected chi connectivity index (χ0v) is 12.7. The Bertz CT molecular complexity index is 908. The summed E-state index contributed by atoms with van der Waals surface area (Å²) >= 11 is 0. The molecule has 0 atom stereocenters. The number of nitrogen functional groups attached to an aromatic ring is 1. The fraction of sp³-hybridized carbons (Fsp3) is 0.111. The minimum Gasteiger partial charge on any atom is -0.383 e. The maximum absolute atomic E-state index is 13.3. The molecule has 0 unspecified atom stereocenters. The molecule has 1 aromatic heterocycles. The number of hydrogen-bond acceptors (Lipinski definition) is 3. The first kappa shape index (κ1) is 15.7. The molecule has 3 aromatic rings. The van der Waals surface area contributed by atoms with Gasteiger partial charge in [0.15, 0.2) is 0 Å². The maximum atomic E-state index is 13.3. The molecule has 4 nitrogen and oxygen atoms in total. The van der Waals surface area contributed by atoms with Crippen LogP contribution in [0.1, 0.15) is 22.4 Å². The van der Waals surface area contributed by atoms with Crippen LogP contribution < -0.4 is 5.73 Å². The summed E-state index contributed by atoms with van der Waals surface area (Å²) in [5.74, 6) is -0.422. The van der Waals surface area contributed by atoms with Crippen molar-refractivity contribution in [3.63, 3.8) is 0 Å². The van der Waals surface area contributed by atoms with Crippen LogP contribution in [0.25, 0.3) is 0 Å². The van der Waals surface area contributed by atoms with Crippen LogP contribution in [0, 0.1) is 23.0 Å². The molecule has 3 rings (SSSR count). The predicted octanol–water partition coefficient (Wildman–Crippen LogP) is 3.25. The smallest absolute Gasteiger partial charge is 0.140 e. The van der Waals surface area contributed by atoms with Crippen molar-refractivity contribution in [2.24, 2.45) is 0 Å². The van der Waals surface area contributed by atoms with Gasteiger partial charge < -0.3 is 5.73 Å². The molecule has 0 spiro atoms. The number of nitrogens with zero attached hydrogens (tertiary/aromatic N) is 3. The zero-order chi connectivity index (χ0) is 17.1. The highest BCUT2D eigenvalue weighted by Gasteiger charge is 2.16. The van der Waals surface area contributed by atoms with Gasteiger partial charge in [-0.3, -0.25) is 0 Å². The standard InChI is InChI=1S/C18H14F2N4/c19-14-6-4-12(5-7-14)11-24-18(22)16(10-21)17(23-24)9-13-2-1-3-15(20)8-13/h1-8H,9,11,22H2. The largest absolute Gasteiger partial charge is 0.383 e. The average Bonchev–Trinajstić information content (AvgIpc) is 2.84. The van der Waals surface area contributed by atoms with Crippen LogP contribution in [0.2, 0.25) is 0 Å². The van der Waals surface area contributed by atoms with Gasteiger partial charge in [-0.2, -0.15) is 10.4 Å². The van der Waals surface area contributed by atoms with Crippen molar-refractivity contribution in [2.45, 2.75) is 13.0 Å². The predicted molar refractivity (Wildman–Crippen MR) is 86.1 cm³/mol. The molecule has 0 bridgehead atoms. The lowest BCUT2D eigenvalue weighted by atomic mass is 10.1. The maximum Gasteiger partial charge on any atom is 0.140 e. The van der Waals surface area contributed by atoms with Crippen molar-refractivity contribution in [3.05, 3.63) is 82.5 Å². The summed E-state index contributed by atoms with van der Waals surface area (Å²) in [7, 11) is 0. The van der Waals surface area contributed by atoms with Crippen molar-refractivity contribution >= 4 is 5.82 Å². The molecular formula is C18H14F2N4. The van der Waals surface area contributed by atoms with Crippen molar-refractivity contribution in [3.8, 4) is 6.07 Å². The number of nitrogens with two attached hydrogens (primary N) is 1. The summed E-state index contributed by atoms with van der Waals surface area (Å²) in [6.45, 7) is 0.323. The molecule has 0 radical (unpaired) electrons. The van der Waals surface area contributed by atoms with Gasteiger partial charge in [-0.25, -0.2) is 13.5 Å². The summed E-state index contributed by atoms with van der Waals surface area (Å²) < 4.78 is 27.8. The number of anilines is 1. The molecule has 0 saturated heterocycles. The van der Waals surface area contributed by atoms with Gasteiger partial charge >= 0.3 is 0 Å². The second-order valence-electron chi connectivity index (χ2n) is 5.41. The first-order valence-electron chi connectivity index (χ1n) is 7.31. The van der Waals surface area contributed by atoms with Crippen LogP contribution in [-0.4, -0.2) is 9.78 Å². The van der Waals surface area contributed by atoms with Gasteiger partial charge in [0.25, 0.3) is 0 Å². The van der Waals surface area contributed by atoms with Crippen molar-refractivity contribution in [1.29, 1.82) is 5.26 Å². The summed E-state index contributed by atoms with van der Waals surface area (Å²) in [6.07, 6.45) is 0.307. The van der Waals surface area contributed by atoms with Gasteiger partial charge in [0, 0.05) is 6.42 Å². The van der Waals surface area contributed by atoms with Crippen LogP contribution in [0.5, 0.6) is 0 Å². The Hall–Kier alpha value is -3.20. The summed E-state index contributed by atoms with van der Waals surface area (Å²) in [6, 6.07) is 14.2. The Morgan fingerprint density at radius 1 is 1.04 bits per heavy atom. The summed E-state index contributed by atoms with van der Waals surface area (Å²) in [4.78, 5) is 0. The first-order chi connectivity index (χ1) is 11.6. The Labute approximate surface area is 137 Å². The summed E-state index contributed by atoms with van der Waals surface area (Å²) in [5, 5.41) is 13.7. The SMILES string of the molecule is N#Cc1c(Cc2cccc(F)c2)nn(Cc2ccc(F)cc2)c1N. The molecule has 1 heterocycles. The zero-order valence-electron chi connectivity index (χ0n) is 12.7. The van der Waals surface area contributed by atoms with E-state index in [1.807, 2.05) is 0 Å².